The minimum atomic E-state index is -0.306. The zero-order chi connectivity index (χ0) is 23.6. The van der Waals surface area contributed by atoms with Gasteiger partial charge in [-0.25, -0.2) is 4.39 Å². The lowest BCUT2D eigenvalue weighted by atomic mass is 10.2. The summed E-state index contributed by atoms with van der Waals surface area (Å²) in [6, 6.07) is 19.9. The Bertz CT molecular complexity index is 1010. The van der Waals surface area contributed by atoms with Crippen molar-refractivity contribution < 1.29 is 14.0 Å². The summed E-state index contributed by atoms with van der Waals surface area (Å²) in [4.78, 5) is 32.0. The molecule has 0 bridgehead atoms. The topological polar surface area (TPSA) is 40.6 Å². The van der Waals surface area contributed by atoms with Crippen molar-refractivity contribution in [3.05, 3.63) is 88.4 Å². The highest BCUT2D eigenvalue weighted by molar-refractivity contribution is 8.00. The van der Waals surface area contributed by atoms with Crippen LogP contribution < -0.4 is 0 Å². The monoisotopic (exact) mass is 484 g/mol. The van der Waals surface area contributed by atoms with E-state index in [0.29, 0.717) is 13.1 Å². The third kappa shape index (κ3) is 7.72. The summed E-state index contributed by atoms with van der Waals surface area (Å²) in [6.07, 6.45) is 0.762. The summed E-state index contributed by atoms with van der Waals surface area (Å²) in [5.74, 6) is -0.195. The number of carbonyl (C=O) groups is 2. The number of amides is 2. The average Bonchev–Trinajstić information content (AvgIpc) is 3.35. The third-order valence-electron chi connectivity index (χ3n) is 5.42. The second-order valence-corrected chi connectivity index (χ2v) is 9.92. The number of thioether (sulfide) groups is 1. The molecule has 0 radical (unpaired) electrons. The first-order valence-electron chi connectivity index (χ1n) is 11.0. The van der Waals surface area contributed by atoms with Gasteiger partial charge in [0.15, 0.2) is 0 Å². The number of nitrogens with zero attached hydrogens (tertiary/aromatic N) is 2. The third-order valence-corrected chi connectivity index (χ3v) is 7.28. The molecule has 0 aliphatic carbocycles. The van der Waals surface area contributed by atoms with E-state index in [4.69, 9.17) is 0 Å². The van der Waals surface area contributed by atoms with Gasteiger partial charge in [0.25, 0.3) is 0 Å². The van der Waals surface area contributed by atoms with E-state index in [1.165, 1.54) is 23.9 Å². The Balaban J connectivity index is 1.72. The van der Waals surface area contributed by atoms with E-state index in [9.17, 15) is 14.0 Å². The highest BCUT2D eigenvalue weighted by Crippen LogP contribution is 2.20. The van der Waals surface area contributed by atoms with Crippen molar-refractivity contribution in [1.29, 1.82) is 0 Å². The standard InChI is InChI=1S/C26H29FN2O2S2/c1-3-20(2)29(26(31)19-33-23-8-5-4-6-9-23)18-25(30)28(17-24-10-7-15-32-24)16-21-11-13-22(27)14-12-21/h4-15,20H,3,16-19H2,1-2H3. The molecule has 0 N–H and O–H groups in total. The van der Waals surface area contributed by atoms with Gasteiger partial charge in [-0.05, 0) is 54.6 Å². The van der Waals surface area contributed by atoms with Crippen LogP contribution in [0.15, 0.2) is 77.0 Å². The number of benzene rings is 2. The number of hydrogen-bond acceptors (Lipinski definition) is 4. The number of thiophene rings is 1. The molecular weight excluding hydrogens is 455 g/mol. The SMILES string of the molecule is CCC(C)N(CC(=O)N(Cc1ccc(F)cc1)Cc1cccs1)C(=O)CSc1ccccc1. The summed E-state index contributed by atoms with van der Waals surface area (Å²) < 4.78 is 13.3. The molecule has 3 aromatic rings. The Morgan fingerprint density at radius 2 is 1.70 bits per heavy atom. The minimum Gasteiger partial charge on any atom is -0.332 e. The summed E-state index contributed by atoms with van der Waals surface area (Å²) in [6.45, 7) is 4.83. The molecule has 0 spiro atoms. The quantitative estimate of drug-likeness (QED) is 0.321. The van der Waals surface area contributed by atoms with E-state index in [1.54, 1.807) is 33.3 Å². The molecule has 1 atom stereocenters. The van der Waals surface area contributed by atoms with Crippen LogP contribution in [-0.4, -0.2) is 40.0 Å². The molecule has 2 aromatic carbocycles. The van der Waals surface area contributed by atoms with Crippen molar-refractivity contribution in [3.8, 4) is 0 Å². The van der Waals surface area contributed by atoms with Crippen molar-refractivity contribution in [3.63, 3.8) is 0 Å². The van der Waals surface area contributed by atoms with E-state index in [1.807, 2.05) is 61.7 Å². The van der Waals surface area contributed by atoms with Crippen LogP contribution in [0.4, 0.5) is 4.39 Å². The molecule has 0 aliphatic heterocycles. The van der Waals surface area contributed by atoms with Crippen LogP contribution in [0.3, 0.4) is 0 Å². The largest absolute Gasteiger partial charge is 0.332 e. The van der Waals surface area contributed by atoms with Crippen LogP contribution >= 0.6 is 23.1 Å². The van der Waals surface area contributed by atoms with Gasteiger partial charge in [0.2, 0.25) is 11.8 Å². The van der Waals surface area contributed by atoms with Crippen molar-refractivity contribution >= 4 is 34.9 Å². The van der Waals surface area contributed by atoms with Gasteiger partial charge in [-0.3, -0.25) is 9.59 Å². The van der Waals surface area contributed by atoms with Gasteiger partial charge in [0.1, 0.15) is 12.4 Å². The fraction of sp³-hybridized carbons (Fsp3) is 0.308. The van der Waals surface area contributed by atoms with Crippen molar-refractivity contribution in [2.24, 2.45) is 0 Å². The molecule has 0 saturated heterocycles. The van der Waals surface area contributed by atoms with E-state index < -0.39 is 0 Å². The maximum Gasteiger partial charge on any atom is 0.242 e. The lowest BCUT2D eigenvalue weighted by molar-refractivity contribution is -0.141. The van der Waals surface area contributed by atoms with Gasteiger partial charge >= 0.3 is 0 Å². The molecule has 1 aromatic heterocycles. The predicted octanol–water partition coefficient (Wildman–Crippen LogP) is 5.84. The highest BCUT2D eigenvalue weighted by Gasteiger charge is 2.25. The molecular formula is C26H29FN2O2S2. The Morgan fingerprint density at radius 3 is 2.33 bits per heavy atom. The maximum absolute atomic E-state index is 13.4. The number of carbonyl (C=O) groups excluding carboxylic acids is 2. The molecule has 1 unspecified atom stereocenters. The first kappa shape index (κ1) is 25.0. The van der Waals surface area contributed by atoms with Gasteiger partial charge in [-0.2, -0.15) is 0 Å². The van der Waals surface area contributed by atoms with Gasteiger partial charge in [-0.1, -0.05) is 43.3 Å². The lowest BCUT2D eigenvalue weighted by Gasteiger charge is -2.31. The molecule has 3 rings (SSSR count). The first-order valence-corrected chi connectivity index (χ1v) is 12.8. The molecule has 0 fully saturated rings. The second-order valence-electron chi connectivity index (χ2n) is 7.84. The summed E-state index contributed by atoms with van der Waals surface area (Å²) >= 11 is 3.06. The summed E-state index contributed by atoms with van der Waals surface area (Å²) in [7, 11) is 0. The fourth-order valence-corrected chi connectivity index (χ4v) is 4.86. The molecule has 174 valence electrons. The van der Waals surface area contributed by atoms with E-state index in [-0.39, 0.29) is 36.0 Å². The minimum absolute atomic E-state index is 0.0236. The van der Waals surface area contributed by atoms with Gasteiger partial charge in [0.05, 0.1) is 12.3 Å². The summed E-state index contributed by atoms with van der Waals surface area (Å²) in [5.41, 5.74) is 0.849. The van der Waals surface area contributed by atoms with Crippen LogP contribution in [0.25, 0.3) is 0 Å². The van der Waals surface area contributed by atoms with Crippen LogP contribution in [0, 0.1) is 5.82 Å². The Kier molecular flexibility index (Phi) is 9.51. The normalized spacial score (nSPS) is 11.7. The van der Waals surface area contributed by atoms with Crippen molar-refractivity contribution in [2.45, 2.75) is 44.3 Å². The van der Waals surface area contributed by atoms with Crippen molar-refractivity contribution in [2.75, 3.05) is 12.3 Å². The zero-order valence-corrected chi connectivity index (χ0v) is 20.6. The molecule has 2 amide bonds. The number of halogens is 1. The molecule has 0 aliphatic rings. The lowest BCUT2D eigenvalue weighted by Crippen LogP contribution is -2.46. The molecule has 1 heterocycles. The summed E-state index contributed by atoms with van der Waals surface area (Å²) in [5, 5.41) is 1.98. The average molecular weight is 485 g/mol. The maximum atomic E-state index is 13.4. The van der Waals surface area contributed by atoms with Gasteiger partial charge in [-0.15, -0.1) is 23.1 Å². The van der Waals surface area contributed by atoms with E-state index >= 15 is 0 Å². The van der Waals surface area contributed by atoms with Gasteiger partial charge in [0, 0.05) is 22.4 Å². The number of hydrogen-bond donors (Lipinski definition) is 0. The van der Waals surface area contributed by atoms with Crippen molar-refractivity contribution in [1.82, 2.24) is 9.80 Å². The van der Waals surface area contributed by atoms with Crippen LogP contribution in [0.2, 0.25) is 0 Å². The molecule has 7 heteroatoms. The van der Waals surface area contributed by atoms with Crippen LogP contribution in [0.5, 0.6) is 0 Å². The second kappa shape index (κ2) is 12.6. The van der Waals surface area contributed by atoms with E-state index in [2.05, 4.69) is 0 Å². The fourth-order valence-electron chi connectivity index (χ4n) is 3.33. The molecule has 4 nitrogen and oxygen atoms in total. The molecule has 0 saturated carbocycles. The molecule has 33 heavy (non-hydrogen) atoms. The van der Waals surface area contributed by atoms with Crippen LogP contribution in [-0.2, 0) is 22.7 Å². The highest BCUT2D eigenvalue weighted by atomic mass is 32.2. The van der Waals surface area contributed by atoms with Crippen LogP contribution in [0.1, 0.15) is 30.7 Å². The Hall–Kier alpha value is -2.64. The first-order chi connectivity index (χ1) is 16.0. The number of rotatable bonds is 11. The predicted molar refractivity (Wildman–Crippen MR) is 134 cm³/mol. The smallest absolute Gasteiger partial charge is 0.242 e. The van der Waals surface area contributed by atoms with E-state index in [0.717, 1.165) is 21.8 Å². The zero-order valence-electron chi connectivity index (χ0n) is 18.9. The Morgan fingerprint density at radius 1 is 0.970 bits per heavy atom. The Labute approximate surface area is 203 Å². The van der Waals surface area contributed by atoms with Gasteiger partial charge < -0.3 is 9.80 Å².